The van der Waals surface area contributed by atoms with Crippen LogP contribution in [0.2, 0.25) is 0 Å². The molecule has 0 saturated heterocycles. The maximum atomic E-state index is 14.7. The van der Waals surface area contributed by atoms with Gasteiger partial charge >= 0.3 is 5.97 Å². The van der Waals surface area contributed by atoms with Crippen molar-refractivity contribution in [2.45, 2.75) is 58.8 Å². The summed E-state index contributed by atoms with van der Waals surface area (Å²) in [5, 5.41) is 0. The van der Waals surface area contributed by atoms with Crippen LogP contribution in [-0.4, -0.2) is 25.6 Å². The van der Waals surface area contributed by atoms with E-state index in [1.54, 1.807) is 6.07 Å². The van der Waals surface area contributed by atoms with E-state index in [1.807, 2.05) is 19.9 Å². The number of hydrogen-bond donors (Lipinski definition) is 1. The molecule has 0 aliphatic heterocycles. The van der Waals surface area contributed by atoms with Crippen molar-refractivity contribution in [3.63, 3.8) is 0 Å². The zero-order valence-corrected chi connectivity index (χ0v) is 16.0. The second kappa shape index (κ2) is 11.5. The van der Waals surface area contributed by atoms with Crippen LogP contribution in [-0.2, 0) is 20.7 Å². The van der Waals surface area contributed by atoms with Gasteiger partial charge in [-0.2, -0.15) is 0 Å². The zero-order chi connectivity index (χ0) is 19.5. The molecular formula is C20H30FNO4. The normalized spacial score (nSPS) is 11.8. The van der Waals surface area contributed by atoms with Gasteiger partial charge in [0, 0.05) is 12.8 Å². The summed E-state index contributed by atoms with van der Waals surface area (Å²) >= 11 is 0. The third-order valence-corrected chi connectivity index (χ3v) is 4.38. The third-order valence-electron chi connectivity index (χ3n) is 4.38. The minimum Gasteiger partial charge on any atom is -0.490 e. The molecule has 1 rings (SSSR count). The van der Waals surface area contributed by atoms with Gasteiger partial charge in [-0.25, -0.2) is 4.39 Å². The van der Waals surface area contributed by atoms with E-state index in [2.05, 4.69) is 4.74 Å². The molecule has 1 aromatic rings. The number of primary amides is 1. The molecule has 146 valence electrons. The molecule has 6 heteroatoms. The predicted octanol–water partition coefficient (Wildman–Crippen LogP) is 3.69. The number of amides is 1. The maximum Gasteiger partial charge on any atom is 0.305 e. The fourth-order valence-corrected chi connectivity index (χ4v) is 2.67. The number of nitrogens with two attached hydrogens (primary N) is 1. The van der Waals surface area contributed by atoms with Crippen LogP contribution >= 0.6 is 0 Å². The SMILES string of the molecule is COC(=O)CCCCCc1c(C)ccc(OC[C@@H](C)CCC(N)=O)c1F. The average Bonchev–Trinajstić information content (AvgIpc) is 2.61. The van der Waals surface area contributed by atoms with Gasteiger partial charge in [-0.15, -0.1) is 0 Å². The first-order chi connectivity index (χ1) is 12.3. The molecule has 0 radical (unpaired) electrons. The van der Waals surface area contributed by atoms with Gasteiger partial charge in [0.2, 0.25) is 5.91 Å². The average molecular weight is 367 g/mol. The Morgan fingerprint density at radius 2 is 1.92 bits per heavy atom. The number of esters is 1. The van der Waals surface area contributed by atoms with Gasteiger partial charge in [-0.1, -0.05) is 19.4 Å². The first kappa shape index (κ1) is 21.9. The van der Waals surface area contributed by atoms with Crippen molar-refractivity contribution in [2.24, 2.45) is 11.7 Å². The van der Waals surface area contributed by atoms with Crippen molar-refractivity contribution >= 4 is 11.9 Å². The van der Waals surface area contributed by atoms with E-state index in [0.717, 1.165) is 24.8 Å². The minimum atomic E-state index is -0.340. The minimum absolute atomic E-state index is 0.116. The molecule has 0 bridgehead atoms. The van der Waals surface area contributed by atoms with Crippen LogP contribution in [0.1, 0.15) is 56.6 Å². The van der Waals surface area contributed by atoms with Gasteiger partial charge in [0.25, 0.3) is 0 Å². The summed E-state index contributed by atoms with van der Waals surface area (Å²) in [7, 11) is 1.38. The van der Waals surface area contributed by atoms with Crippen molar-refractivity contribution in [3.8, 4) is 5.75 Å². The van der Waals surface area contributed by atoms with Gasteiger partial charge in [0.1, 0.15) is 0 Å². The first-order valence-electron chi connectivity index (χ1n) is 9.11. The predicted molar refractivity (Wildman–Crippen MR) is 98.4 cm³/mol. The Hall–Kier alpha value is -2.11. The summed E-state index contributed by atoms with van der Waals surface area (Å²) in [6, 6.07) is 3.50. The summed E-state index contributed by atoms with van der Waals surface area (Å²) in [6.45, 7) is 4.16. The molecule has 26 heavy (non-hydrogen) atoms. The highest BCUT2D eigenvalue weighted by molar-refractivity contribution is 5.73. The van der Waals surface area contributed by atoms with Crippen LogP contribution < -0.4 is 10.5 Å². The lowest BCUT2D eigenvalue weighted by molar-refractivity contribution is -0.140. The Labute approximate surface area is 155 Å². The molecule has 0 fully saturated rings. The molecule has 2 N–H and O–H groups in total. The Morgan fingerprint density at radius 3 is 2.58 bits per heavy atom. The first-order valence-corrected chi connectivity index (χ1v) is 9.11. The lowest BCUT2D eigenvalue weighted by Gasteiger charge is -2.15. The fourth-order valence-electron chi connectivity index (χ4n) is 2.67. The summed E-state index contributed by atoms with van der Waals surface area (Å²) in [6.07, 6.45) is 4.29. The lowest BCUT2D eigenvalue weighted by Crippen LogP contribution is -2.15. The van der Waals surface area contributed by atoms with E-state index in [0.29, 0.717) is 37.9 Å². The summed E-state index contributed by atoms with van der Waals surface area (Å²) in [5.74, 6) is -0.516. The van der Waals surface area contributed by atoms with Crippen LogP contribution in [0.3, 0.4) is 0 Å². The number of carbonyl (C=O) groups is 2. The van der Waals surface area contributed by atoms with E-state index in [1.165, 1.54) is 7.11 Å². The van der Waals surface area contributed by atoms with Crippen molar-refractivity contribution in [1.82, 2.24) is 0 Å². The topological polar surface area (TPSA) is 78.6 Å². The molecular weight excluding hydrogens is 337 g/mol. The molecule has 0 aromatic heterocycles. The van der Waals surface area contributed by atoms with E-state index < -0.39 is 0 Å². The molecule has 0 aliphatic rings. The summed E-state index contributed by atoms with van der Waals surface area (Å²) < 4.78 is 24.9. The molecule has 1 atom stereocenters. The molecule has 0 saturated carbocycles. The van der Waals surface area contributed by atoms with Crippen LogP contribution in [0.15, 0.2) is 12.1 Å². The highest BCUT2D eigenvalue weighted by Crippen LogP contribution is 2.26. The van der Waals surface area contributed by atoms with Gasteiger partial charge in [0.05, 0.1) is 13.7 Å². The van der Waals surface area contributed by atoms with Crippen molar-refractivity contribution < 1.29 is 23.5 Å². The second-order valence-corrected chi connectivity index (χ2v) is 6.73. The Kier molecular flexibility index (Phi) is 9.70. The number of ether oxygens (including phenoxy) is 2. The number of methoxy groups -OCH3 is 1. The lowest BCUT2D eigenvalue weighted by atomic mass is 10.0. The van der Waals surface area contributed by atoms with Gasteiger partial charge in [0.15, 0.2) is 11.6 Å². The monoisotopic (exact) mass is 367 g/mol. The highest BCUT2D eigenvalue weighted by Gasteiger charge is 2.14. The molecule has 1 amide bonds. The second-order valence-electron chi connectivity index (χ2n) is 6.73. The molecule has 0 spiro atoms. The van der Waals surface area contributed by atoms with Crippen LogP contribution in [0.4, 0.5) is 4.39 Å². The third kappa shape index (κ3) is 7.85. The fraction of sp³-hybridized carbons (Fsp3) is 0.600. The van der Waals surface area contributed by atoms with Crippen molar-refractivity contribution in [3.05, 3.63) is 29.1 Å². The van der Waals surface area contributed by atoms with E-state index in [4.69, 9.17) is 10.5 Å². The smallest absolute Gasteiger partial charge is 0.305 e. The molecule has 0 aliphatic carbocycles. The number of carbonyl (C=O) groups excluding carboxylic acids is 2. The standard InChI is InChI=1S/C20H30FNO4/c1-14(9-12-18(22)23)13-26-17-11-10-15(2)16(20(17)21)7-5-4-6-8-19(24)25-3/h10-11,14H,4-9,12-13H2,1-3H3,(H2,22,23)/t14-/m0/s1. The Bertz CT molecular complexity index is 604. The van der Waals surface area contributed by atoms with Gasteiger partial charge < -0.3 is 15.2 Å². The number of hydrogen-bond acceptors (Lipinski definition) is 4. The van der Waals surface area contributed by atoms with Crippen LogP contribution in [0.5, 0.6) is 5.75 Å². The van der Waals surface area contributed by atoms with E-state index in [9.17, 15) is 14.0 Å². The van der Waals surface area contributed by atoms with Gasteiger partial charge in [-0.05, 0) is 55.7 Å². The van der Waals surface area contributed by atoms with E-state index in [-0.39, 0.29) is 29.4 Å². The molecule has 1 aromatic carbocycles. The van der Waals surface area contributed by atoms with Crippen molar-refractivity contribution in [1.29, 1.82) is 0 Å². The largest absolute Gasteiger partial charge is 0.490 e. The summed E-state index contributed by atoms with van der Waals surface area (Å²) in [5.41, 5.74) is 6.69. The molecule has 0 heterocycles. The highest BCUT2D eigenvalue weighted by atomic mass is 19.1. The zero-order valence-electron chi connectivity index (χ0n) is 16.0. The van der Waals surface area contributed by atoms with Crippen molar-refractivity contribution in [2.75, 3.05) is 13.7 Å². The Balaban J connectivity index is 2.53. The van der Waals surface area contributed by atoms with Crippen LogP contribution in [0.25, 0.3) is 0 Å². The number of unbranched alkanes of at least 4 members (excludes halogenated alkanes) is 2. The van der Waals surface area contributed by atoms with Gasteiger partial charge in [-0.3, -0.25) is 9.59 Å². The van der Waals surface area contributed by atoms with E-state index >= 15 is 0 Å². The molecule has 5 nitrogen and oxygen atoms in total. The molecule has 0 unspecified atom stereocenters. The number of benzene rings is 1. The number of rotatable bonds is 12. The maximum absolute atomic E-state index is 14.7. The number of aryl methyl sites for hydroxylation is 1. The number of halogens is 1. The Morgan fingerprint density at radius 1 is 1.19 bits per heavy atom. The summed E-state index contributed by atoms with van der Waals surface area (Å²) in [4.78, 5) is 21.9. The quantitative estimate of drug-likeness (QED) is 0.451. The van der Waals surface area contributed by atoms with Crippen LogP contribution in [0, 0.1) is 18.7 Å².